The van der Waals surface area contributed by atoms with Gasteiger partial charge in [-0.2, -0.15) is 0 Å². The first kappa shape index (κ1) is 10.3. The summed E-state index contributed by atoms with van der Waals surface area (Å²) in [6.45, 7) is 4.72. The Morgan fingerprint density at radius 2 is 1.89 bits per heavy atom. The molecular formula is C15H17N3. The molecule has 2 saturated heterocycles. The first-order chi connectivity index (χ1) is 8.90. The maximum atomic E-state index is 4.56. The predicted octanol–water partition coefficient (Wildman–Crippen LogP) is 1.89. The Hall–Kier alpha value is -1.61. The highest BCUT2D eigenvalue weighted by Crippen LogP contribution is 2.31. The Kier molecular flexibility index (Phi) is 2.27. The van der Waals surface area contributed by atoms with Crippen LogP contribution in [0.15, 0.2) is 36.5 Å². The van der Waals surface area contributed by atoms with E-state index in [1.165, 1.54) is 37.3 Å². The lowest BCUT2D eigenvalue weighted by atomic mass is 10.0. The zero-order valence-corrected chi connectivity index (χ0v) is 10.3. The number of fused-ring (bicyclic) bond motifs is 2. The Morgan fingerprint density at radius 3 is 2.72 bits per heavy atom. The van der Waals surface area contributed by atoms with Crippen LogP contribution < -0.4 is 10.2 Å². The van der Waals surface area contributed by atoms with Gasteiger partial charge in [-0.1, -0.05) is 18.2 Å². The summed E-state index contributed by atoms with van der Waals surface area (Å²) in [5.74, 6) is 1.66. The zero-order chi connectivity index (χ0) is 11.9. The number of pyridine rings is 1. The van der Waals surface area contributed by atoms with E-state index in [4.69, 9.17) is 0 Å². The van der Waals surface area contributed by atoms with Gasteiger partial charge in [-0.15, -0.1) is 0 Å². The summed E-state index contributed by atoms with van der Waals surface area (Å²) in [4.78, 5) is 7.06. The van der Waals surface area contributed by atoms with E-state index in [2.05, 4.69) is 39.5 Å². The van der Waals surface area contributed by atoms with Crippen molar-refractivity contribution in [1.82, 2.24) is 10.3 Å². The van der Waals surface area contributed by atoms with Crippen LogP contribution in [-0.4, -0.2) is 31.2 Å². The largest absolute Gasteiger partial charge is 0.370 e. The van der Waals surface area contributed by atoms with Gasteiger partial charge < -0.3 is 10.2 Å². The summed E-state index contributed by atoms with van der Waals surface area (Å²) in [6.07, 6.45) is 2.02. The lowest BCUT2D eigenvalue weighted by Gasteiger charge is -2.19. The minimum atomic E-state index is 0.830. The summed E-state index contributed by atoms with van der Waals surface area (Å²) in [6, 6.07) is 10.6. The average molecular weight is 239 g/mol. The monoisotopic (exact) mass is 239 g/mol. The Labute approximate surface area is 107 Å². The summed E-state index contributed by atoms with van der Waals surface area (Å²) >= 11 is 0. The van der Waals surface area contributed by atoms with Gasteiger partial charge in [-0.3, -0.25) is 4.98 Å². The molecule has 18 heavy (non-hydrogen) atoms. The Morgan fingerprint density at radius 1 is 1.11 bits per heavy atom. The minimum absolute atomic E-state index is 0.830. The van der Waals surface area contributed by atoms with Gasteiger partial charge in [0.05, 0.1) is 17.4 Å². The van der Waals surface area contributed by atoms with Crippen molar-refractivity contribution in [3.8, 4) is 0 Å². The van der Waals surface area contributed by atoms with Crippen molar-refractivity contribution in [3.63, 3.8) is 0 Å². The van der Waals surface area contributed by atoms with Crippen molar-refractivity contribution >= 4 is 16.6 Å². The molecule has 3 heteroatoms. The maximum Gasteiger partial charge on any atom is 0.0703 e. The SMILES string of the molecule is c1ccc2ncc(N3C[C@H]4CNC[C@H]4C3)cc2c1. The molecule has 2 aliphatic heterocycles. The molecule has 2 aliphatic rings. The molecule has 2 atom stereocenters. The van der Waals surface area contributed by atoms with Gasteiger partial charge in [0.1, 0.15) is 0 Å². The lowest BCUT2D eigenvalue weighted by Crippen LogP contribution is -2.25. The van der Waals surface area contributed by atoms with E-state index in [1.807, 2.05) is 12.3 Å². The third-order valence-corrected chi connectivity index (χ3v) is 4.33. The Bertz CT molecular complexity index is 569. The summed E-state index contributed by atoms with van der Waals surface area (Å²) in [5.41, 5.74) is 2.37. The molecule has 0 unspecified atom stereocenters. The van der Waals surface area contributed by atoms with E-state index in [0.29, 0.717) is 0 Å². The van der Waals surface area contributed by atoms with Crippen LogP contribution in [0, 0.1) is 11.8 Å². The summed E-state index contributed by atoms with van der Waals surface area (Å²) in [5, 5.41) is 4.72. The molecule has 0 saturated carbocycles. The molecule has 1 aromatic heterocycles. The molecule has 0 bridgehead atoms. The van der Waals surface area contributed by atoms with Crippen LogP contribution in [0.5, 0.6) is 0 Å². The smallest absolute Gasteiger partial charge is 0.0703 e. The van der Waals surface area contributed by atoms with Crippen molar-refractivity contribution in [2.45, 2.75) is 0 Å². The van der Waals surface area contributed by atoms with E-state index < -0.39 is 0 Å². The molecule has 1 aromatic carbocycles. The number of rotatable bonds is 1. The number of anilines is 1. The van der Waals surface area contributed by atoms with E-state index in [0.717, 1.165) is 17.4 Å². The van der Waals surface area contributed by atoms with Gasteiger partial charge in [0, 0.05) is 31.6 Å². The maximum absolute atomic E-state index is 4.56. The second-order valence-electron chi connectivity index (χ2n) is 5.47. The van der Waals surface area contributed by atoms with Crippen LogP contribution in [0.2, 0.25) is 0 Å². The molecule has 0 amide bonds. The fraction of sp³-hybridized carbons (Fsp3) is 0.400. The van der Waals surface area contributed by atoms with E-state index >= 15 is 0 Å². The van der Waals surface area contributed by atoms with Crippen molar-refractivity contribution < 1.29 is 0 Å². The number of aromatic nitrogens is 1. The van der Waals surface area contributed by atoms with Gasteiger partial charge >= 0.3 is 0 Å². The molecular weight excluding hydrogens is 222 g/mol. The molecule has 0 spiro atoms. The number of nitrogens with one attached hydrogen (secondary N) is 1. The molecule has 3 nitrogen and oxygen atoms in total. The Balaban J connectivity index is 1.67. The van der Waals surface area contributed by atoms with E-state index in [1.54, 1.807) is 0 Å². The van der Waals surface area contributed by atoms with Crippen LogP contribution in [0.25, 0.3) is 10.9 Å². The quantitative estimate of drug-likeness (QED) is 0.823. The highest BCUT2D eigenvalue weighted by Gasteiger charge is 2.36. The number of hydrogen-bond acceptors (Lipinski definition) is 3. The number of nitrogens with zero attached hydrogens (tertiary/aromatic N) is 2. The third-order valence-electron chi connectivity index (χ3n) is 4.33. The molecule has 92 valence electrons. The van der Waals surface area contributed by atoms with Crippen LogP contribution in [0.3, 0.4) is 0 Å². The van der Waals surface area contributed by atoms with Gasteiger partial charge in [0.2, 0.25) is 0 Å². The first-order valence-corrected chi connectivity index (χ1v) is 6.70. The molecule has 4 rings (SSSR count). The fourth-order valence-electron chi connectivity index (χ4n) is 3.30. The van der Waals surface area contributed by atoms with Crippen LogP contribution in [0.4, 0.5) is 5.69 Å². The fourth-order valence-corrected chi connectivity index (χ4v) is 3.30. The normalized spacial score (nSPS) is 26.8. The molecule has 0 aliphatic carbocycles. The highest BCUT2D eigenvalue weighted by molar-refractivity contribution is 5.81. The number of para-hydroxylation sites is 1. The predicted molar refractivity (Wildman–Crippen MR) is 73.8 cm³/mol. The van der Waals surface area contributed by atoms with E-state index in [9.17, 15) is 0 Å². The average Bonchev–Trinajstić information content (AvgIpc) is 2.99. The van der Waals surface area contributed by atoms with Gasteiger partial charge in [-0.05, 0) is 24.0 Å². The number of hydrogen-bond donors (Lipinski definition) is 1. The lowest BCUT2D eigenvalue weighted by molar-refractivity contribution is 0.533. The summed E-state index contributed by atoms with van der Waals surface area (Å²) in [7, 11) is 0. The molecule has 3 heterocycles. The minimum Gasteiger partial charge on any atom is -0.370 e. The molecule has 0 radical (unpaired) electrons. The third kappa shape index (κ3) is 1.58. The van der Waals surface area contributed by atoms with Crippen LogP contribution in [0.1, 0.15) is 0 Å². The second kappa shape index (κ2) is 3.95. The van der Waals surface area contributed by atoms with Gasteiger partial charge in [0.25, 0.3) is 0 Å². The molecule has 1 N–H and O–H groups in total. The van der Waals surface area contributed by atoms with Crippen molar-refractivity contribution in [3.05, 3.63) is 36.5 Å². The van der Waals surface area contributed by atoms with Crippen molar-refractivity contribution in [2.75, 3.05) is 31.1 Å². The highest BCUT2D eigenvalue weighted by atomic mass is 15.2. The van der Waals surface area contributed by atoms with Crippen LogP contribution >= 0.6 is 0 Å². The van der Waals surface area contributed by atoms with Crippen molar-refractivity contribution in [1.29, 1.82) is 0 Å². The molecule has 2 fully saturated rings. The molecule has 2 aromatic rings. The standard InChI is InChI=1S/C15H17N3/c1-2-4-15-11(3-1)5-14(8-17-15)18-9-12-6-16-7-13(12)10-18/h1-5,8,12-13,16H,6-7,9-10H2/t12-,13+. The van der Waals surface area contributed by atoms with Crippen molar-refractivity contribution in [2.24, 2.45) is 11.8 Å². The first-order valence-electron chi connectivity index (χ1n) is 6.70. The van der Waals surface area contributed by atoms with Crippen LogP contribution in [-0.2, 0) is 0 Å². The van der Waals surface area contributed by atoms with E-state index in [-0.39, 0.29) is 0 Å². The second-order valence-corrected chi connectivity index (χ2v) is 5.47. The topological polar surface area (TPSA) is 28.2 Å². The summed E-state index contributed by atoms with van der Waals surface area (Å²) < 4.78 is 0. The van der Waals surface area contributed by atoms with Gasteiger partial charge in [0.15, 0.2) is 0 Å². The zero-order valence-electron chi connectivity index (χ0n) is 10.3. The van der Waals surface area contributed by atoms with Gasteiger partial charge in [-0.25, -0.2) is 0 Å². The number of benzene rings is 1.